The van der Waals surface area contributed by atoms with Crippen LogP contribution < -0.4 is 0 Å². The Labute approximate surface area is 325 Å². The minimum Gasteiger partial charge on any atom is -0.449 e. The van der Waals surface area contributed by atoms with E-state index >= 15 is 0 Å². The van der Waals surface area contributed by atoms with Gasteiger partial charge < -0.3 is 14.5 Å². The third-order valence-electron chi connectivity index (χ3n) is 10.7. The van der Waals surface area contributed by atoms with Crippen molar-refractivity contribution in [3.8, 4) is 0 Å². The van der Waals surface area contributed by atoms with Gasteiger partial charge in [-0.2, -0.15) is 0 Å². The lowest BCUT2D eigenvalue weighted by molar-refractivity contribution is 0.0689. The lowest BCUT2D eigenvalue weighted by Gasteiger charge is -2.30. The summed E-state index contributed by atoms with van der Waals surface area (Å²) in [5.41, 5.74) is 0. The molecule has 0 spiro atoms. The lowest BCUT2D eigenvalue weighted by Crippen LogP contribution is -2.38. The number of hydrogen-bond acceptors (Lipinski definition) is 3. The van der Waals surface area contributed by atoms with Crippen LogP contribution in [0.2, 0.25) is 0 Å². The number of piperidine rings is 1. The molecule has 0 aromatic heterocycles. The fourth-order valence-corrected chi connectivity index (χ4v) is 7.27. The van der Waals surface area contributed by atoms with Crippen LogP contribution in [0, 0.1) is 5.92 Å². The molecule has 0 aliphatic carbocycles. The Morgan fingerprint density at radius 1 is 0.558 bits per heavy atom. The summed E-state index contributed by atoms with van der Waals surface area (Å²) in [4.78, 5) is 17.6. The molecule has 0 saturated carbocycles. The molecular formula is C48H88N2O2. The summed E-state index contributed by atoms with van der Waals surface area (Å²) < 4.78 is 5.91. The van der Waals surface area contributed by atoms with E-state index in [0.29, 0.717) is 12.5 Å². The number of amides is 1. The molecule has 1 rings (SSSR count). The molecule has 1 atom stereocenters. The molecule has 0 aromatic carbocycles. The van der Waals surface area contributed by atoms with Crippen molar-refractivity contribution in [2.45, 2.75) is 206 Å². The van der Waals surface area contributed by atoms with E-state index in [2.05, 4.69) is 74.4 Å². The van der Waals surface area contributed by atoms with E-state index in [1.54, 1.807) is 0 Å². The van der Waals surface area contributed by atoms with Gasteiger partial charge in [0.05, 0.1) is 6.61 Å². The summed E-state index contributed by atoms with van der Waals surface area (Å²) in [7, 11) is 2.18. The first-order valence-electron chi connectivity index (χ1n) is 22.9. The highest BCUT2D eigenvalue weighted by Gasteiger charge is 2.21. The van der Waals surface area contributed by atoms with Crippen molar-refractivity contribution in [3.05, 3.63) is 48.6 Å². The van der Waals surface area contributed by atoms with Gasteiger partial charge in [-0.15, -0.1) is 0 Å². The molecule has 302 valence electrons. The van der Waals surface area contributed by atoms with Crippen LogP contribution in [-0.2, 0) is 4.74 Å². The molecule has 1 aliphatic heterocycles. The van der Waals surface area contributed by atoms with Gasteiger partial charge in [-0.05, 0) is 103 Å². The second kappa shape index (κ2) is 38.9. The SMILES string of the molecule is CCCCC/C=C\C/C=C\CCCCCCCCCCN(CCCCCCCCCC/C=C\C/C=C\CCCCC)C(=O)OCC1CCCN(C)C1. The first kappa shape index (κ1) is 48.2. The van der Waals surface area contributed by atoms with E-state index in [4.69, 9.17) is 4.74 Å². The highest BCUT2D eigenvalue weighted by Crippen LogP contribution is 2.17. The molecule has 52 heavy (non-hydrogen) atoms. The Hall–Kier alpha value is -1.81. The Morgan fingerprint density at radius 3 is 1.35 bits per heavy atom. The molecule has 1 unspecified atom stereocenters. The van der Waals surface area contributed by atoms with Crippen molar-refractivity contribution in [1.82, 2.24) is 9.80 Å². The average Bonchev–Trinajstić information content (AvgIpc) is 3.15. The Kier molecular flexibility index (Phi) is 36.1. The molecule has 1 aliphatic rings. The van der Waals surface area contributed by atoms with E-state index in [0.717, 1.165) is 45.3 Å². The van der Waals surface area contributed by atoms with Gasteiger partial charge in [-0.25, -0.2) is 4.79 Å². The zero-order valence-corrected chi connectivity index (χ0v) is 35.2. The maximum absolute atomic E-state index is 13.2. The third kappa shape index (κ3) is 32.8. The van der Waals surface area contributed by atoms with Crippen LogP contribution >= 0.6 is 0 Å². The van der Waals surface area contributed by atoms with E-state index < -0.39 is 0 Å². The van der Waals surface area contributed by atoms with Crippen molar-refractivity contribution >= 4 is 6.09 Å². The van der Waals surface area contributed by atoms with Crippen molar-refractivity contribution in [1.29, 1.82) is 0 Å². The van der Waals surface area contributed by atoms with Crippen LogP contribution in [-0.4, -0.2) is 55.7 Å². The second-order valence-corrected chi connectivity index (χ2v) is 15.9. The Morgan fingerprint density at radius 2 is 0.942 bits per heavy atom. The van der Waals surface area contributed by atoms with Crippen molar-refractivity contribution in [2.24, 2.45) is 5.92 Å². The third-order valence-corrected chi connectivity index (χ3v) is 10.7. The largest absolute Gasteiger partial charge is 0.449 e. The first-order chi connectivity index (χ1) is 25.7. The minimum absolute atomic E-state index is 0.0673. The number of hydrogen-bond donors (Lipinski definition) is 0. The number of likely N-dealkylation sites (tertiary alicyclic amines) is 1. The van der Waals surface area contributed by atoms with Gasteiger partial charge in [0.1, 0.15) is 0 Å². The molecule has 1 amide bonds. The smallest absolute Gasteiger partial charge is 0.409 e. The molecule has 0 N–H and O–H groups in total. The van der Waals surface area contributed by atoms with Gasteiger partial charge in [0, 0.05) is 25.6 Å². The molecule has 4 heteroatoms. The van der Waals surface area contributed by atoms with Gasteiger partial charge >= 0.3 is 6.09 Å². The molecule has 0 radical (unpaired) electrons. The maximum Gasteiger partial charge on any atom is 0.409 e. The number of allylic oxidation sites excluding steroid dienone is 8. The van der Waals surface area contributed by atoms with Crippen molar-refractivity contribution in [2.75, 3.05) is 39.8 Å². The molecule has 1 saturated heterocycles. The van der Waals surface area contributed by atoms with Crippen LogP contribution in [0.3, 0.4) is 0 Å². The van der Waals surface area contributed by atoms with E-state index in [1.165, 1.54) is 173 Å². The summed E-state index contributed by atoms with van der Waals surface area (Å²) in [5, 5.41) is 0. The van der Waals surface area contributed by atoms with E-state index in [1.807, 2.05) is 4.90 Å². The second-order valence-electron chi connectivity index (χ2n) is 15.9. The average molecular weight is 725 g/mol. The maximum atomic E-state index is 13.2. The molecule has 1 fully saturated rings. The van der Waals surface area contributed by atoms with Crippen LogP contribution in [0.5, 0.6) is 0 Å². The summed E-state index contributed by atoms with van der Waals surface area (Å²) in [5.74, 6) is 0.487. The summed E-state index contributed by atoms with van der Waals surface area (Å²) in [6, 6.07) is 0. The van der Waals surface area contributed by atoms with E-state index in [-0.39, 0.29) is 6.09 Å². The Bertz CT molecular complexity index is 826. The number of unbranched alkanes of at least 4 members (excludes halogenated alkanes) is 22. The van der Waals surface area contributed by atoms with Crippen molar-refractivity contribution in [3.63, 3.8) is 0 Å². The predicted octanol–water partition coefficient (Wildman–Crippen LogP) is 15.0. The fourth-order valence-electron chi connectivity index (χ4n) is 7.27. The predicted molar refractivity (Wildman–Crippen MR) is 230 cm³/mol. The Balaban J connectivity index is 2.14. The zero-order chi connectivity index (χ0) is 37.4. The first-order valence-corrected chi connectivity index (χ1v) is 22.9. The molecule has 0 aromatic rings. The summed E-state index contributed by atoms with van der Waals surface area (Å²) in [6.45, 7) is 9.04. The van der Waals surface area contributed by atoms with Gasteiger partial charge in [-0.1, -0.05) is 165 Å². The topological polar surface area (TPSA) is 32.8 Å². The normalized spacial score (nSPS) is 15.6. The molecular weight excluding hydrogens is 637 g/mol. The zero-order valence-electron chi connectivity index (χ0n) is 35.2. The van der Waals surface area contributed by atoms with E-state index in [9.17, 15) is 4.79 Å². The number of carbonyl (C=O) groups is 1. The number of ether oxygens (including phenoxy) is 1. The molecule has 1 heterocycles. The standard InChI is InChI=1S/C48H88N2O2/c1-4-6-8-10-12-14-16-18-20-22-24-26-28-30-32-34-36-38-43-50(48(51)52-46-47-41-40-42-49(3)45-47)44-39-37-35-33-31-29-27-25-23-21-19-17-15-13-11-9-7-5-2/h12-15,18-21,47H,4-11,16-17,22-46H2,1-3H3/b14-12-,15-13-,20-18-,21-19-. The minimum atomic E-state index is -0.0673. The van der Waals surface area contributed by atoms with Gasteiger partial charge in [0.2, 0.25) is 0 Å². The molecule has 4 nitrogen and oxygen atoms in total. The van der Waals surface area contributed by atoms with Crippen molar-refractivity contribution < 1.29 is 9.53 Å². The number of nitrogens with zero attached hydrogens (tertiary/aromatic N) is 2. The van der Waals surface area contributed by atoms with Gasteiger partial charge in [0.25, 0.3) is 0 Å². The summed E-state index contributed by atoms with van der Waals surface area (Å²) >= 11 is 0. The van der Waals surface area contributed by atoms with Crippen LogP contribution in [0.25, 0.3) is 0 Å². The fraction of sp³-hybridized carbons (Fsp3) is 0.812. The van der Waals surface area contributed by atoms with Gasteiger partial charge in [-0.3, -0.25) is 0 Å². The monoisotopic (exact) mass is 725 g/mol. The highest BCUT2D eigenvalue weighted by atomic mass is 16.6. The van der Waals surface area contributed by atoms with Crippen LogP contribution in [0.15, 0.2) is 48.6 Å². The lowest BCUT2D eigenvalue weighted by atomic mass is 10.00. The quantitative estimate of drug-likeness (QED) is 0.0476. The van der Waals surface area contributed by atoms with Crippen LogP contribution in [0.4, 0.5) is 4.79 Å². The van der Waals surface area contributed by atoms with Crippen LogP contribution in [0.1, 0.15) is 206 Å². The van der Waals surface area contributed by atoms with Gasteiger partial charge in [0.15, 0.2) is 0 Å². The number of rotatable bonds is 36. The summed E-state index contributed by atoms with van der Waals surface area (Å²) in [6.07, 6.45) is 56.8. The molecule has 0 bridgehead atoms. The highest BCUT2D eigenvalue weighted by molar-refractivity contribution is 5.67. The number of carbonyl (C=O) groups excluding carboxylic acids is 1.